The second kappa shape index (κ2) is 6.76. The van der Waals surface area contributed by atoms with Gasteiger partial charge >= 0.3 is 0 Å². The molecule has 2 aliphatic rings. The number of benzene rings is 1. The van der Waals surface area contributed by atoms with Crippen LogP contribution >= 0.6 is 0 Å². The van der Waals surface area contributed by atoms with E-state index in [1.54, 1.807) is 12.1 Å². The second-order valence-corrected chi connectivity index (χ2v) is 6.64. The van der Waals surface area contributed by atoms with Crippen LogP contribution in [0.5, 0.6) is 5.75 Å². The molecule has 0 radical (unpaired) electrons. The van der Waals surface area contributed by atoms with Gasteiger partial charge in [0.15, 0.2) is 11.6 Å². The first-order valence-corrected chi connectivity index (χ1v) is 8.33. The highest BCUT2D eigenvalue weighted by Crippen LogP contribution is 2.33. The maximum atomic E-state index is 14.1. The predicted molar refractivity (Wildman–Crippen MR) is 79.5 cm³/mol. The molecule has 0 unspecified atom stereocenters. The minimum absolute atomic E-state index is 0.0721. The molecule has 21 heavy (non-hydrogen) atoms. The standard InChI is InChI=1S/C18H24F2O/c19-17-15(12-14-6-3-7-14)8-9-16(18(17)20)21-11-10-13-4-1-2-5-13/h8-9,13-14H,1-7,10-12H2. The lowest BCUT2D eigenvalue weighted by molar-refractivity contribution is 0.262. The smallest absolute Gasteiger partial charge is 0.200 e. The van der Waals surface area contributed by atoms with Gasteiger partial charge in [0.05, 0.1) is 6.61 Å². The van der Waals surface area contributed by atoms with Gasteiger partial charge in [-0.2, -0.15) is 4.39 Å². The van der Waals surface area contributed by atoms with E-state index in [-0.39, 0.29) is 5.75 Å². The average molecular weight is 294 g/mol. The van der Waals surface area contributed by atoms with Crippen LogP contribution in [0.4, 0.5) is 8.78 Å². The fourth-order valence-corrected chi connectivity index (χ4v) is 3.48. The minimum Gasteiger partial charge on any atom is -0.490 e. The minimum atomic E-state index is -0.807. The van der Waals surface area contributed by atoms with Crippen molar-refractivity contribution in [3.63, 3.8) is 0 Å². The Morgan fingerprint density at radius 2 is 1.62 bits per heavy atom. The maximum Gasteiger partial charge on any atom is 0.200 e. The predicted octanol–water partition coefficient (Wildman–Crippen LogP) is 5.27. The normalized spacial score (nSPS) is 19.7. The number of halogens is 2. The first-order chi connectivity index (χ1) is 10.2. The fraction of sp³-hybridized carbons (Fsp3) is 0.667. The zero-order valence-corrected chi connectivity index (χ0v) is 12.5. The molecule has 0 amide bonds. The molecule has 0 N–H and O–H groups in total. The van der Waals surface area contributed by atoms with Crippen molar-refractivity contribution in [2.45, 2.75) is 57.8 Å². The van der Waals surface area contributed by atoms with E-state index in [1.807, 2.05) is 0 Å². The Labute approximate surface area is 125 Å². The van der Waals surface area contributed by atoms with Crippen LogP contribution in [0, 0.1) is 23.5 Å². The van der Waals surface area contributed by atoms with Crippen molar-refractivity contribution in [3.05, 3.63) is 29.3 Å². The molecule has 1 aromatic rings. The fourth-order valence-electron chi connectivity index (χ4n) is 3.48. The van der Waals surface area contributed by atoms with E-state index in [0.717, 1.165) is 19.3 Å². The first-order valence-electron chi connectivity index (χ1n) is 8.33. The molecule has 0 heterocycles. The third kappa shape index (κ3) is 3.56. The Morgan fingerprint density at radius 3 is 2.29 bits per heavy atom. The largest absolute Gasteiger partial charge is 0.490 e. The van der Waals surface area contributed by atoms with Crippen LogP contribution in [-0.4, -0.2) is 6.61 Å². The molecule has 0 bridgehead atoms. The molecule has 0 atom stereocenters. The number of rotatable bonds is 6. The highest BCUT2D eigenvalue weighted by atomic mass is 19.2. The Hall–Kier alpha value is -1.12. The monoisotopic (exact) mass is 294 g/mol. The SMILES string of the molecule is Fc1c(CC2CCC2)ccc(OCCC2CCCC2)c1F. The van der Waals surface area contributed by atoms with Crippen molar-refractivity contribution in [2.75, 3.05) is 6.61 Å². The molecule has 0 aliphatic heterocycles. The molecular weight excluding hydrogens is 270 g/mol. The van der Waals surface area contributed by atoms with Crippen molar-refractivity contribution in [1.29, 1.82) is 0 Å². The van der Waals surface area contributed by atoms with Gasteiger partial charge in [-0.1, -0.05) is 51.0 Å². The van der Waals surface area contributed by atoms with Gasteiger partial charge in [-0.05, 0) is 36.3 Å². The summed E-state index contributed by atoms with van der Waals surface area (Å²) in [5.41, 5.74) is 0.500. The highest BCUT2D eigenvalue weighted by molar-refractivity contribution is 5.31. The van der Waals surface area contributed by atoms with Crippen LogP contribution in [0.25, 0.3) is 0 Å². The molecule has 1 nitrogen and oxygen atoms in total. The zero-order chi connectivity index (χ0) is 14.7. The topological polar surface area (TPSA) is 9.23 Å². The lowest BCUT2D eigenvalue weighted by Gasteiger charge is -2.25. The van der Waals surface area contributed by atoms with Gasteiger partial charge in [-0.3, -0.25) is 0 Å². The van der Waals surface area contributed by atoms with Crippen LogP contribution in [-0.2, 0) is 6.42 Å². The summed E-state index contributed by atoms with van der Waals surface area (Å²) < 4.78 is 33.6. The Balaban J connectivity index is 1.55. The number of hydrogen-bond donors (Lipinski definition) is 0. The molecule has 116 valence electrons. The van der Waals surface area contributed by atoms with E-state index in [0.29, 0.717) is 30.4 Å². The van der Waals surface area contributed by atoms with Crippen molar-refractivity contribution in [1.82, 2.24) is 0 Å². The van der Waals surface area contributed by atoms with Crippen LogP contribution in [0.3, 0.4) is 0 Å². The van der Waals surface area contributed by atoms with Crippen molar-refractivity contribution in [3.8, 4) is 5.75 Å². The molecule has 2 fully saturated rings. The number of ether oxygens (including phenoxy) is 1. The Kier molecular flexibility index (Phi) is 4.77. The summed E-state index contributed by atoms with van der Waals surface area (Å²) >= 11 is 0. The molecule has 1 aromatic carbocycles. The van der Waals surface area contributed by atoms with E-state index in [9.17, 15) is 8.78 Å². The van der Waals surface area contributed by atoms with Gasteiger partial charge < -0.3 is 4.74 Å². The van der Waals surface area contributed by atoms with Crippen LogP contribution in [0.2, 0.25) is 0 Å². The summed E-state index contributed by atoms with van der Waals surface area (Å²) in [5, 5.41) is 0. The Morgan fingerprint density at radius 1 is 0.905 bits per heavy atom. The molecule has 0 aromatic heterocycles. The van der Waals surface area contributed by atoms with Crippen LogP contribution in [0.15, 0.2) is 12.1 Å². The van der Waals surface area contributed by atoms with Gasteiger partial charge in [0.2, 0.25) is 5.82 Å². The quantitative estimate of drug-likeness (QED) is 0.694. The summed E-state index contributed by atoms with van der Waals surface area (Å²) in [6.07, 6.45) is 10.2. The van der Waals surface area contributed by atoms with Gasteiger partial charge in [-0.15, -0.1) is 0 Å². The Bertz CT molecular complexity index is 476. The average Bonchev–Trinajstić information content (AvgIpc) is 2.94. The van der Waals surface area contributed by atoms with Crippen molar-refractivity contribution in [2.24, 2.45) is 11.8 Å². The van der Waals surface area contributed by atoms with Gasteiger partial charge in [0.1, 0.15) is 0 Å². The van der Waals surface area contributed by atoms with Crippen LogP contribution < -0.4 is 4.74 Å². The summed E-state index contributed by atoms with van der Waals surface area (Å²) in [4.78, 5) is 0. The van der Waals surface area contributed by atoms with Crippen molar-refractivity contribution >= 4 is 0 Å². The summed E-state index contributed by atoms with van der Waals surface area (Å²) in [7, 11) is 0. The highest BCUT2D eigenvalue weighted by Gasteiger charge is 2.22. The molecule has 3 heteroatoms. The van der Waals surface area contributed by atoms with E-state index in [4.69, 9.17) is 4.74 Å². The summed E-state index contributed by atoms with van der Waals surface area (Å²) in [6.45, 7) is 0.489. The molecule has 2 saturated carbocycles. The van der Waals surface area contributed by atoms with E-state index >= 15 is 0 Å². The maximum absolute atomic E-state index is 14.1. The molecule has 2 aliphatic carbocycles. The first kappa shape index (κ1) is 14.8. The van der Waals surface area contributed by atoms with Gasteiger partial charge in [-0.25, -0.2) is 4.39 Å². The van der Waals surface area contributed by atoms with Crippen molar-refractivity contribution < 1.29 is 13.5 Å². The van der Waals surface area contributed by atoms with Gasteiger partial charge in [0, 0.05) is 0 Å². The molecular formula is C18H24F2O. The second-order valence-electron chi connectivity index (χ2n) is 6.64. The molecule has 0 saturated heterocycles. The molecule has 3 rings (SSSR count). The van der Waals surface area contributed by atoms with E-state index in [1.165, 1.54) is 32.1 Å². The lowest BCUT2D eigenvalue weighted by Crippen LogP contribution is -2.15. The summed E-state index contributed by atoms with van der Waals surface area (Å²) in [6, 6.07) is 3.29. The lowest BCUT2D eigenvalue weighted by atomic mass is 9.81. The van der Waals surface area contributed by atoms with E-state index in [2.05, 4.69) is 0 Å². The number of hydrogen-bond acceptors (Lipinski definition) is 1. The third-order valence-corrected chi connectivity index (χ3v) is 5.12. The van der Waals surface area contributed by atoms with Gasteiger partial charge in [0.25, 0.3) is 0 Å². The van der Waals surface area contributed by atoms with E-state index < -0.39 is 11.6 Å². The third-order valence-electron chi connectivity index (χ3n) is 5.12. The zero-order valence-electron chi connectivity index (χ0n) is 12.5. The summed E-state index contributed by atoms with van der Waals surface area (Å²) in [5.74, 6) is -0.204. The van der Waals surface area contributed by atoms with Crippen LogP contribution in [0.1, 0.15) is 56.9 Å². The molecule has 0 spiro atoms.